The van der Waals surface area contributed by atoms with Crippen LogP contribution >= 0.6 is 0 Å². The molecule has 2 aromatic rings. The summed E-state index contributed by atoms with van der Waals surface area (Å²) in [5, 5.41) is 0. The van der Waals surface area contributed by atoms with E-state index in [1.807, 2.05) is 42.5 Å². The number of benzene rings is 2. The Hall–Kier alpha value is -2.29. The summed E-state index contributed by atoms with van der Waals surface area (Å²) in [5.41, 5.74) is 2.32. The summed E-state index contributed by atoms with van der Waals surface area (Å²) in [6.45, 7) is 1.48. The molecular weight excluding hydrogens is 252 g/mol. The van der Waals surface area contributed by atoms with Crippen molar-refractivity contribution < 1.29 is 14.3 Å². The summed E-state index contributed by atoms with van der Waals surface area (Å²) in [6, 6.07) is 18.1. The monoisotopic (exact) mass is 270 g/mol. The van der Waals surface area contributed by atoms with Gasteiger partial charge >= 0.3 is 0 Å². The smallest absolute Gasteiger partial charge is 0.293 e. The van der Waals surface area contributed by atoms with Crippen molar-refractivity contribution in [3.63, 3.8) is 0 Å². The predicted octanol–water partition coefficient (Wildman–Crippen LogP) is 3.02. The van der Waals surface area contributed by atoms with E-state index in [0.29, 0.717) is 26.1 Å². The second-order valence-electron chi connectivity index (χ2n) is 4.41. The minimum atomic E-state index is 0.378. The fourth-order valence-electron chi connectivity index (χ4n) is 1.99. The van der Waals surface area contributed by atoms with Crippen molar-refractivity contribution in [3.05, 3.63) is 65.7 Å². The third-order valence-electron chi connectivity index (χ3n) is 3.02. The molecule has 2 aromatic carbocycles. The molecule has 2 rings (SSSR count). The standard InChI is InChI=1S/C17H18O3/c18-14-19-12-11-16-8-4-5-9-17(16)20-13-10-15-6-2-1-3-7-15/h1-9,14H,10-13H2. The molecule has 0 atom stereocenters. The number of hydrogen-bond acceptors (Lipinski definition) is 3. The summed E-state index contributed by atoms with van der Waals surface area (Å²) in [6.07, 6.45) is 1.54. The molecule has 0 fully saturated rings. The third-order valence-corrected chi connectivity index (χ3v) is 3.02. The molecule has 0 aliphatic rings. The van der Waals surface area contributed by atoms with Crippen molar-refractivity contribution in [2.45, 2.75) is 12.8 Å². The maximum absolute atomic E-state index is 10.2. The van der Waals surface area contributed by atoms with Crippen LogP contribution in [0.15, 0.2) is 54.6 Å². The molecule has 0 aliphatic carbocycles. The van der Waals surface area contributed by atoms with Crippen LogP contribution < -0.4 is 4.74 Å². The number of para-hydroxylation sites is 1. The molecule has 3 nitrogen and oxygen atoms in total. The van der Waals surface area contributed by atoms with Gasteiger partial charge in [0.1, 0.15) is 5.75 Å². The normalized spacial score (nSPS) is 10.0. The Morgan fingerprint density at radius 2 is 1.60 bits per heavy atom. The van der Waals surface area contributed by atoms with Crippen LogP contribution in [0.25, 0.3) is 0 Å². The molecule has 0 bridgehead atoms. The number of ether oxygens (including phenoxy) is 2. The van der Waals surface area contributed by atoms with Crippen molar-refractivity contribution in [3.8, 4) is 5.75 Å². The summed E-state index contributed by atoms with van der Waals surface area (Å²) in [7, 11) is 0. The fourth-order valence-corrected chi connectivity index (χ4v) is 1.99. The van der Waals surface area contributed by atoms with E-state index in [0.717, 1.165) is 17.7 Å². The number of carbonyl (C=O) groups is 1. The van der Waals surface area contributed by atoms with Gasteiger partial charge in [-0.15, -0.1) is 0 Å². The second kappa shape index (κ2) is 8.00. The first kappa shape index (κ1) is 14.1. The lowest BCUT2D eigenvalue weighted by Crippen LogP contribution is -2.05. The molecule has 0 N–H and O–H groups in total. The molecule has 104 valence electrons. The Labute approximate surface area is 119 Å². The molecule has 0 unspecified atom stereocenters. The topological polar surface area (TPSA) is 35.5 Å². The highest BCUT2D eigenvalue weighted by Crippen LogP contribution is 2.18. The van der Waals surface area contributed by atoms with Crippen LogP contribution in [-0.4, -0.2) is 19.7 Å². The lowest BCUT2D eigenvalue weighted by Gasteiger charge is -2.11. The Morgan fingerprint density at radius 1 is 0.850 bits per heavy atom. The molecule has 0 heterocycles. The van der Waals surface area contributed by atoms with Crippen molar-refractivity contribution in [2.24, 2.45) is 0 Å². The van der Waals surface area contributed by atoms with Gasteiger partial charge in [0.2, 0.25) is 0 Å². The quantitative estimate of drug-likeness (QED) is 0.546. The highest BCUT2D eigenvalue weighted by molar-refractivity contribution is 5.37. The highest BCUT2D eigenvalue weighted by Gasteiger charge is 2.03. The van der Waals surface area contributed by atoms with Gasteiger partial charge in [0.15, 0.2) is 0 Å². The largest absolute Gasteiger partial charge is 0.493 e. The summed E-state index contributed by atoms with van der Waals surface area (Å²) >= 11 is 0. The van der Waals surface area contributed by atoms with Gasteiger partial charge in [-0.25, -0.2) is 0 Å². The third kappa shape index (κ3) is 4.43. The van der Waals surface area contributed by atoms with Crippen LogP contribution in [0.4, 0.5) is 0 Å². The van der Waals surface area contributed by atoms with Gasteiger partial charge in [0.25, 0.3) is 6.47 Å². The molecule has 0 aliphatic heterocycles. The lowest BCUT2D eigenvalue weighted by molar-refractivity contribution is -0.128. The number of hydrogen-bond donors (Lipinski definition) is 0. The molecule has 20 heavy (non-hydrogen) atoms. The van der Waals surface area contributed by atoms with E-state index in [-0.39, 0.29) is 0 Å². The summed E-state index contributed by atoms with van der Waals surface area (Å²) in [5.74, 6) is 0.859. The molecule has 0 spiro atoms. The minimum Gasteiger partial charge on any atom is -0.493 e. The van der Waals surface area contributed by atoms with Gasteiger partial charge in [-0.3, -0.25) is 4.79 Å². The summed E-state index contributed by atoms with van der Waals surface area (Å²) < 4.78 is 10.6. The van der Waals surface area contributed by atoms with Crippen molar-refractivity contribution in [2.75, 3.05) is 13.2 Å². The molecular formula is C17H18O3. The molecule has 0 amide bonds. The molecule has 3 heteroatoms. The van der Waals surface area contributed by atoms with E-state index < -0.39 is 0 Å². The van der Waals surface area contributed by atoms with E-state index in [9.17, 15) is 4.79 Å². The molecule has 0 saturated carbocycles. The summed E-state index contributed by atoms with van der Waals surface area (Å²) in [4.78, 5) is 10.2. The number of carbonyl (C=O) groups excluding carboxylic acids is 1. The Bertz CT molecular complexity index is 523. The van der Waals surface area contributed by atoms with E-state index in [2.05, 4.69) is 12.1 Å². The second-order valence-corrected chi connectivity index (χ2v) is 4.41. The van der Waals surface area contributed by atoms with Crippen LogP contribution in [0.2, 0.25) is 0 Å². The molecule has 0 aromatic heterocycles. The van der Waals surface area contributed by atoms with E-state index in [1.54, 1.807) is 0 Å². The molecule has 0 radical (unpaired) electrons. The van der Waals surface area contributed by atoms with Crippen LogP contribution in [0.1, 0.15) is 11.1 Å². The van der Waals surface area contributed by atoms with Crippen LogP contribution in [0, 0.1) is 0 Å². The van der Waals surface area contributed by atoms with Gasteiger partial charge in [-0.1, -0.05) is 48.5 Å². The zero-order valence-corrected chi connectivity index (χ0v) is 11.3. The first-order valence-corrected chi connectivity index (χ1v) is 6.70. The van der Waals surface area contributed by atoms with Gasteiger partial charge in [0, 0.05) is 12.8 Å². The zero-order valence-electron chi connectivity index (χ0n) is 11.3. The first-order chi connectivity index (χ1) is 9.90. The predicted molar refractivity (Wildman–Crippen MR) is 77.8 cm³/mol. The van der Waals surface area contributed by atoms with Crippen LogP contribution in [0.3, 0.4) is 0 Å². The zero-order chi connectivity index (χ0) is 14.0. The van der Waals surface area contributed by atoms with Crippen molar-refractivity contribution >= 4 is 6.47 Å². The molecule has 0 saturated heterocycles. The first-order valence-electron chi connectivity index (χ1n) is 6.70. The average molecular weight is 270 g/mol. The van der Waals surface area contributed by atoms with Crippen molar-refractivity contribution in [1.82, 2.24) is 0 Å². The number of rotatable bonds is 8. The van der Waals surface area contributed by atoms with Gasteiger partial charge in [-0.05, 0) is 17.2 Å². The van der Waals surface area contributed by atoms with Crippen molar-refractivity contribution in [1.29, 1.82) is 0 Å². The highest BCUT2D eigenvalue weighted by atomic mass is 16.5. The minimum absolute atomic E-state index is 0.378. The van der Waals surface area contributed by atoms with E-state index >= 15 is 0 Å². The Kier molecular flexibility index (Phi) is 5.65. The van der Waals surface area contributed by atoms with Crippen LogP contribution in [-0.2, 0) is 22.4 Å². The average Bonchev–Trinajstić information content (AvgIpc) is 2.50. The maximum Gasteiger partial charge on any atom is 0.293 e. The maximum atomic E-state index is 10.2. The van der Waals surface area contributed by atoms with E-state index in [1.165, 1.54) is 5.56 Å². The van der Waals surface area contributed by atoms with Crippen LogP contribution in [0.5, 0.6) is 5.75 Å². The van der Waals surface area contributed by atoms with Gasteiger partial charge in [-0.2, -0.15) is 0 Å². The Morgan fingerprint density at radius 3 is 2.40 bits per heavy atom. The Balaban J connectivity index is 1.87. The fraction of sp³-hybridized carbons (Fsp3) is 0.235. The van der Waals surface area contributed by atoms with Gasteiger partial charge < -0.3 is 9.47 Å². The SMILES string of the molecule is O=COCCc1ccccc1OCCc1ccccc1. The van der Waals surface area contributed by atoms with E-state index in [4.69, 9.17) is 9.47 Å². The lowest BCUT2D eigenvalue weighted by atomic mass is 10.1. The van der Waals surface area contributed by atoms with Gasteiger partial charge in [0.05, 0.1) is 13.2 Å².